The number of ether oxygens (including phenoxy) is 1. The molecule has 2 aliphatic rings. The summed E-state index contributed by atoms with van der Waals surface area (Å²) < 4.78 is 7.98. The summed E-state index contributed by atoms with van der Waals surface area (Å²) in [6.45, 7) is 1.52. The number of anilines is 1. The second-order valence-electron chi connectivity index (χ2n) is 10.2. The molecular formula is C28H30N8O4. The second kappa shape index (κ2) is 10.5. The molecular weight excluding hydrogens is 512 g/mol. The van der Waals surface area contributed by atoms with Crippen molar-refractivity contribution in [2.45, 2.75) is 43.9 Å². The molecule has 1 unspecified atom stereocenters. The fourth-order valence-electron chi connectivity index (χ4n) is 5.52. The summed E-state index contributed by atoms with van der Waals surface area (Å²) in [6.07, 6.45) is 7.36. The summed E-state index contributed by atoms with van der Waals surface area (Å²) in [6, 6.07) is 11.6. The number of piperidine rings is 1. The number of nitrogens with two attached hydrogens (primary N) is 1. The Labute approximate surface area is 230 Å². The summed E-state index contributed by atoms with van der Waals surface area (Å²) in [4.78, 5) is 39.3. The largest absolute Gasteiger partial charge is 0.465 e. The number of aromatic nitrogens is 5. The topological polar surface area (TPSA) is 161 Å². The Morgan fingerprint density at radius 3 is 2.65 bits per heavy atom. The van der Waals surface area contributed by atoms with E-state index in [1.54, 1.807) is 12.4 Å². The van der Waals surface area contributed by atoms with Crippen LogP contribution >= 0.6 is 0 Å². The molecule has 4 aromatic rings. The van der Waals surface area contributed by atoms with Gasteiger partial charge in [-0.1, -0.05) is 6.07 Å². The Morgan fingerprint density at radius 1 is 1.10 bits per heavy atom. The number of pyridine rings is 3. The van der Waals surface area contributed by atoms with E-state index in [1.165, 1.54) is 0 Å². The van der Waals surface area contributed by atoms with Crippen molar-refractivity contribution in [1.82, 2.24) is 30.0 Å². The van der Waals surface area contributed by atoms with Crippen molar-refractivity contribution < 1.29 is 19.4 Å². The number of carbonyl (C=O) groups excluding carboxylic acids is 1. The van der Waals surface area contributed by atoms with Gasteiger partial charge in [-0.2, -0.15) is 5.10 Å². The molecule has 2 fully saturated rings. The first-order valence-corrected chi connectivity index (χ1v) is 13.4. The van der Waals surface area contributed by atoms with Crippen LogP contribution in [0.2, 0.25) is 0 Å². The van der Waals surface area contributed by atoms with E-state index in [0.29, 0.717) is 31.2 Å². The number of rotatable bonds is 6. The molecule has 0 aromatic carbocycles. The van der Waals surface area contributed by atoms with E-state index in [-0.39, 0.29) is 19.1 Å². The third-order valence-electron chi connectivity index (χ3n) is 7.71. The predicted molar refractivity (Wildman–Crippen MR) is 147 cm³/mol. The summed E-state index contributed by atoms with van der Waals surface area (Å²) >= 11 is 0. The quantitative estimate of drug-likeness (QED) is 0.332. The Hall–Kier alpha value is -4.58. The number of carbonyl (C=O) groups is 2. The van der Waals surface area contributed by atoms with E-state index < -0.39 is 17.5 Å². The first kappa shape index (κ1) is 25.7. The Kier molecular flexibility index (Phi) is 6.76. The van der Waals surface area contributed by atoms with Gasteiger partial charge < -0.3 is 25.8 Å². The molecule has 6 heterocycles. The number of nitrogens with zero attached hydrogens (tertiary/aromatic N) is 6. The van der Waals surface area contributed by atoms with E-state index >= 15 is 0 Å². The molecule has 1 atom stereocenters. The summed E-state index contributed by atoms with van der Waals surface area (Å²) in [5, 5.41) is 17.5. The van der Waals surface area contributed by atoms with Crippen LogP contribution in [-0.4, -0.2) is 67.1 Å². The molecule has 12 nitrogen and oxygen atoms in total. The minimum atomic E-state index is -1.29. The lowest BCUT2D eigenvalue weighted by Crippen LogP contribution is -2.62. The van der Waals surface area contributed by atoms with Gasteiger partial charge in [0, 0.05) is 43.0 Å². The van der Waals surface area contributed by atoms with Crippen LogP contribution in [0.15, 0.2) is 55.0 Å². The molecule has 40 heavy (non-hydrogen) atoms. The van der Waals surface area contributed by atoms with E-state index in [0.717, 1.165) is 47.1 Å². The zero-order valence-corrected chi connectivity index (χ0v) is 21.9. The van der Waals surface area contributed by atoms with Gasteiger partial charge in [-0.25, -0.2) is 14.5 Å². The van der Waals surface area contributed by atoms with Crippen LogP contribution < -0.4 is 16.0 Å². The van der Waals surface area contributed by atoms with Crippen LogP contribution in [-0.2, 0) is 9.53 Å². The number of amides is 2. The standard InChI is InChI=1S/C28H30N8O4/c29-26(37)28(33-27(38)39)9-12-35(13-10-28)23-7-3-6-20(32-23)25-19-15-21(18-5-4-11-30-16-18)31-17-22(19)36(34-25)24-8-1-2-14-40-24/h3-7,11,15-17,24,33H,1-2,8-10,12-14H2,(H2,29,37)(H,38,39). The number of fused-ring (bicyclic) bond motifs is 1. The first-order chi connectivity index (χ1) is 19.4. The molecule has 0 aliphatic carbocycles. The van der Waals surface area contributed by atoms with Gasteiger partial charge in [0.2, 0.25) is 5.91 Å². The zero-order valence-electron chi connectivity index (χ0n) is 21.9. The Balaban J connectivity index is 1.37. The van der Waals surface area contributed by atoms with Crippen LogP contribution in [0.4, 0.5) is 10.6 Å². The highest BCUT2D eigenvalue weighted by Crippen LogP contribution is 2.35. The molecule has 0 spiro atoms. The predicted octanol–water partition coefficient (Wildman–Crippen LogP) is 3.35. The molecule has 0 bridgehead atoms. The number of primary amides is 1. The molecule has 0 radical (unpaired) electrons. The molecule has 4 aromatic heterocycles. The summed E-state index contributed by atoms with van der Waals surface area (Å²) in [5.41, 5.74) is 8.25. The second-order valence-corrected chi connectivity index (χ2v) is 10.2. The Morgan fingerprint density at radius 2 is 1.95 bits per heavy atom. The molecule has 0 saturated carbocycles. The highest BCUT2D eigenvalue weighted by Gasteiger charge is 2.41. The molecule has 4 N–H and O–H groups in total. The molecule has 2 aliphatic heterocycles. The number of nitrogens with one attached hydrogen (secondary N) is 1. The first-order valence-electron chi connectivity index (χ1n) is 13.4. The minimum absolute atomic E-state index is 0.176. The van der Waals surface area contributed by atoms with Crippen molar-refractivity contribution in [2.24, 2.45) is 5.73 Å². The van der Waals surface area contributed by atoms with Crippen molar-refractivity contribution in [1.29, 1.82) is 0 Å². The van der Waals surface area contributed by atoms with Crippen molar-refractivity contribution in [3.63, 3.8) is 0 Å². The maximum Gasteiger partial charge on any atom is 0.405 e. The third-order valence-corrected chi connectivity index (χ3v) is 7.71. The normalized spacial score (nSPS) is 18.9. The number of hydrogen-bond donors (Lipinski definition) is 3. The SMILES string of the molecule is NC(=O)C1(NC(=O)O)CCN(c2cccc(-c3nn(C4CCCCO4)c4cnc(-c5cccnc5)cc34)n2)CC1. The summed E-state index contributed by atoms with van der Waals surface area (Å²) in [5.74, 6) is 0.0419. The van der Waals surface area contributed by atoms with Gasteiger partial charge in [-0.15, -0.1) is 0 Å². The van der Waals surface area contributed by atoms with Crippen molar-refractivity contribution >= 4 is 28.7 Å². The maximum absolute atomic E-state index is 12.1. The molecule has 6 rings (SSSR count). The van der Waals surface area contributed by atoms with Crippen LogP contribution in [0.25, 0.3) is 33.5 Å². The van der Waals surface area contributed by atoms with Gasteiger partial charge >= 0.3 is 6.09 Å². The lowest BCUT2D eigenvalue weighted by molar-refractivity contribution is -0.125. The lowest BCUT2D eigenvalue weighted by atomic mass is 9.87. The molecule has 2 saturated heterocycles. The van der Waals surface area contributed by atoms with Gasteiger partial charge in [0.1, 0.15) is 17.1 Å². The average molecular weight is 543 g/mol. The van der Waals surface area contributed by atoms with Gasteiger partial charge in [0.05, 0.1) is 23.1 Å². The molecule has 2 amide bonds. The number of hydrogen-bond acceptors (Lipinski definition) is 8. The van der Waals surface area contributed by atoms with E-state index in [2.05, 4.69) is 10.3 Å². The van der Waals surface area contributed by atoms with Crippen LogP contribution in [0, 0.1) is 0 Å². The maximum atomic E-state index is 12.1. The lowest BCUT2D eigenvalue weighted by Gasteiger charge is -2.39. The monoisotopic (exact) mass is 542 g/mol. The van der Waals surface area contributed by atoms with E-state index in [1.807, 2.05) is 52.2 Å². The summed E-state index contributed by atoms with van der Waals surface area (Å²) in [7, 11) is 0. The zero-order chi connectivity index (χ0) is 27.7. The van der Waals surface area contributed by atoms with Crippen molar-refractivity contribution in [2.75, 3.05) is 24.6 Å². The van der Waals surface area contributed by atoms with Gasteiger partial charge in [-0.3, -0.25) is 14.8 Å². The van der Waals surface area contributed by atoms with E-state index in [4.69, 9.17) is 25.5 Å². The number of carboxylic acid groups (broad SMARTS) is 1. The van der Waals surface area contributed by atoms with Gasteiger partial charge in [0.15, 0.2) is 6.23 Å². The van der Waals surface area contributed by atoms with Crippen molar-refractivity contribution in [3.8, 4) is 22.6 Å². The van der Waals surface area contributed by atoms with E-state index in [9.17, 15) is 14.7 Å². The fourth-order valence-corrected chi connectivity index (χ4v) is 5.52. The van der Waals surface area contributed by atoms with Crippen LogP contribution in [0.1, 0.15) is 38.3 Å². The molecule has 12 heteroatoms. The molecule has 206 valence electrons. The van der Waals surface area contributed by atoms with Gasteiger partial charge in [-0.05, 0) is 62.4 Å². The van der Waals surface area contributed by atoms with Crippen molar-refractivity contribution in [3.05, 3.63) is 55.0 Å². The van der Waals surface area contributed by atoms with Gasteiger partial charge in [0.25, 0.3) is 0 Å². The third kappa shape index (κ3) is 4.81. The smallest absolute Gasteiger partial charge is 0.405 e. The highest BCUT2D eigenvalue weighted by molar-refractivity contribution is 5.94. The minimum Gasteiger partial charge on any atom is -0.465 e. The Bertz CT molecular complexity index is 1540. The van der Waals surface area contributed by atoms with Crippen LogP contribution in [0.5, 0.6) is 0 Å². The highest BCUT2D eigenvalue weighted by atomic mass is 16.5. The van der Waals surface area contributed by atoms with Crippen LogP contribution in [0.3, 0.4) is 0 Å². The fraction of sp³-hybridized carbons (Fsp3) is 0.357. The average Bonchev–Trinajstić information content (AvgIpc) is 3.37.